The highest BCUT2D eigenvalue weighted by Crippen LogP contribution is 2.26. The molecule has 1 unspecified atom stereocenters. The standard InChI is InChI=1S/C18H16F6N6O3S/c1-34(31,32)30(9-18(22,23)24)8-13(10-2-4-12(19)5-3-10)27-17-25-6-11(7-26-17)15-28-29-16(33-15)14(20)21/h2-7,13-14H,8-9H2,1H3,(H,25,26,27). The summed E-state index contributed by atoms with van der Waals surface area (Å²) in [6.07, 6.45) is -4.90. The average Bonchev–Trinajstić information content (AvgIpc) is 3.23. The molecule has 16 heteroatoms. The fourth-order valence-electron chi connectivity index (χ4n) is 2.76. The molecule has 0 saturated carbocycles. The Balaban J connectivity index is 1.87. The summed E-state index contributed by atoms with van der Waals surface area (Å²) >= 11 is 0. The molecular formula is C18H16F6N6O3S. The molecule has 2 aromatic heterocycles. The van der Waals surface area contributed by atoms with E-state index < -0.39 is 53.5 Å². The number of nitrogens with zero attached hydrogens (tertiary/aromatic N) is 5. The minimum atomic E-state index is -4.81. The summed E-state index contributed by atoms with van der Waals surface area (Å²) in [7, 11) is -4.28. The zero-order valence-corrected chi connectivity index (χ0v) is 18.0. The molecule has 0 radical (unpaired) electrons. The van der Waals surface area contributed by atoms with E-state index in [0.717, 1.165) is 24.5 Å². The third kappa shape index (κ3) is 6.86. The Morgan fingerprint density at radius 3 is 2.21 bits per heavy atom. The second-order valence-electron chi connectivity index (χ2n) is 6.96. The molecule has 34 heavy (non-hydrogen) atoms. The summed E-state index contributed by atoms with van der Waals surface area (Å²) in [4.78, 5) is 7.87. The molecule has 3 rings (SSSR count). The van der Waals surface area contributed by atoms with Crippen molar-refractivity contribution in [3.63, 3.8) is 0 Å². The number of aromatic nitrogens is 4. The number of nitrogens with one attached hydrogen (secondary N) is 1. The minimum Gasteiger partial charge on any atom is -0.415 e. The molecule has 0 fully saturated rings. The zero-order chi connectivity index (χ0) is 25.1. The van der Waals surface area contributed by atoms with Gasteiger partial charge in [0, 0.05) is 18.9 Å². The van der Waals surface area contributed by atoms with E-state index in [1.54, 1.807) is 0 Å². The largest absolute Gasteiger partial charge is 0.415 e. The van der Waals surface area contributed by atoms with Crippen LogP contribution in [-0.2, 0) is 10.0 Å². The molecule has 0 saturated heterocycles. The number of benzene rings is 1. The van der Waals surface area contributed by atoms with Crippen molar-refractivity contribution in [3.8, 4) is 11.5 Å². The van der Waals surface area contributed by atoms with Crippen molar-refractivity contribution in [2.24, 2.45) is 0 Å². The van der Waals surface area contributed by atoms with Crippen LogP contribution in [-0.4, -0.2) is 58.4 Å². The van der Waals surface area contributed by atoms with Gasteiger partial charge in [-0.15, -0.1) is 10.2 Å². The Kier molecular flexibility index (Phi) is 7.40. The van der Waals surface area contributed by atoms with Gasteiger partial charge in [0.1, 0.15) is 12.4 Å². The number of anilines is 1. The normalized spacial score (nSPS) is 13.4. The summed E-state index contributed by atoms with van der Waals surface area (Å²) in [6, 6.07) is 3.52. The topological polar surface area (TPSA) is 114 Å². The highest BCUT2D eigenvalue weighted by Gasteiger charge is 2.36. The van der Waals surface area contributed by atoms with E-state index in [4.69, 9.17) is 4.42 Å². The number of hydrogen-bond acceptors (Lipinski definition) is 8. The first-order valence-electron chi connectivity index (χ1n) is 9.29. The summed E-state index contributed by atoms with van der Waals surface area (Å²) in [5, 5.41) is 9.31. The molecule has 1 atom stereocenters. The summed E-state index contributed by atoms with van der Waals surface area (Å²) in [6.45, 7) is -2.43. The smallest absolute Gasteiger partial charge is 0.402 e. The number of rotatable bonds is 9. The van der Waals surface area contributed by atoms with Gasteiger partial charge in [0.25, 0.3) is 11.8 Å². The Hall–Kier alpha value is -3.27. The molecule has 1 aromatic carbocycles. The van der Waals surface area contributed by atoms with Crippen LogP contribution >= 0.6 is 0 Å². The van der Waals surface area contributed by atoms with E-state index in [-0.39, 0.29) is 27.3 Å². The predicted molar refractivity (Wildman–Crippen MR) is 106 cm³/mol. The molecule has 9 nitrogen and oxygen atoms in total. The van der Waals surface area contributed by atoms with Crippen molar-refractivity contribution >= 4 is 16.0 Å². The van der Waals surface area contributed by atoms with Crippen molar-refractivity contribution < 1.29 is 39.2 Å². The summed E-state index contributed by atoms with van der Waals surface area (Å²) < 4.78 is 106. The van der Waals surface area contributed by atoms with Gasteiger partial charge in [-0.1, -0.05) is 12.1 Å². The van der Waals surface area contributed by atoms with E-state index in [0.29, 0.717) is 6.26 Å². The third-order valence-corrected chi connectivity index (χ3v) is 5.53. The van der Waals surface area contributed by atoms with Crippen LogP contribution in [0.5, 0.6) is 0 Å². The molecular weight excluding hydrogens is 494 g/mol. The van der Waals surface area contributed by atoms with Crippen LogP contribution in [0.4, 0.5) is 32.3 Å². The van der Waals surface area contributed by atoms with Crippen molar-refractivity contribution in [1.82, 2.24) is 24.5 Å². The quantitative estimate of drug-likeness (QED) is 0.435. The molecule has 0 aliphatic heterocycles. The van der Waals surface area contributed by atoms with Gasteiger partial charge in [-0.2, -0.15) is 26.3 Å². The Morgan fingerprint density at radius 2 is 1.71 bits per heavy atom. The van der Waals surface area contributed by atoms with E-state index in [9.17, 15) is 34.8 Å². The first kappa shape index (κ1) is 25.4. The van der Waals surface area contributed by atoms with Crippen LogP contribution in [0, 0.1) is 5.82 Å². The molecule has 0 amide bonds. The van der Waals surface area contributed by atoms with Crippen LogP contribution in [0.15, 0.2) is 41.1 Å². The van der Waals surface area contributed by atoms with E-state index >= 15 is 0 Å². The maximum atomic E-state index is 13.3. The lowest BCUT2D eigenvalue weighted by atomic mass is 10.1. The molecule has 3 aromatic rings. The zero-order valence-electron chi connectivity index (χ0n) is 17.2. The second kappa shape index (κ2) is 9.92. The lowest BCUT2D eigenvalue weighted by Gasteiger charge is -2.27. The molecule has 0 aliphatic carbocycles. The van der Waals surface area contributed by atoms with Gasteiger partial charge in [0.2, 0.25) is 16.0 Å². The number of hydrogen-bond donors (Lipinski definition) is 1. The van der Waals surface area contributed by atoms with Gasteiger partial charge in [0.15, 0.2) is 0 Å². The van der Waals surface area contributed by atoms with Gasteiger partial charge >= 0.3 is 12.6 Å². The van der Waals surface area contributed by atoms with E-state index in [2.05, 4.69) is 25.5 Å². The molecule has 1 N–H and O–H groups in total. The SMILES string of the molecule is CS(=O)(=O)N(CC(Nc1ncc(-c2nnc(C(F)F)o2)cn1)c1ccc(F)cc1)CC(F)(F)F. The second-order valence-corrected chi connectivity index (χ2v) is 8.94. The lowest BCUT2D eigenvalue weighted by Crippen LogP contribution is -2.42. The molecule has 184 valence electrons. The number of sulfonamides is 1. The first-order valence-corrected chi connectivity index (χ1v) is 11.1. The van der Waals surface area contributed by atoms with Crippen LogP contribution in [0.2, 0.25) is 0 Å². The highest BCUT2D eigenvalue weighted by molar-refractivity contribution is 7.88. The molecule has 2 heterocycles. The van der Waals surface area contributed by atoms with Crippen LogP contribution in [0.3, 0.4) is 0 Å². The van der Waals surface area contributed by atoms with Crippen LogP contribution in [0.25, 0.3) is 11.5 Å². The van der Waals surface area contributed by atoms with Crippen molar-refractivity contribution in [1.29, 1.82) is 0 Å². The summed E-state index contributed by atoms with van der Waals surface area (Å²) in [5.41, 5.74) is 0.335. The average molecular weight is 510 g/mol. The number of alkyl halides is 5. The molecule has 0 bridgehead atoms. The van der Waals surface area contributed by atoms with Gasteiger partial charge in [0.05, 0.1) is 17.9 Å². The maximum Gasteiger partial charge on any atom is 0.402 e. The van der Waals surface area contributed by atoms with Crippen LogP contribution in [0.1, 0.15) is 23.9 Å². The fourth-order valence-corrected chi connectivity index (χ4v) is 3.56. The highest BCUT2D eigenvalue weighted by atomic mass is 32.2. The van der Waals surface area contributed by atoms with Gasteiger partial charge in [-0.05, 0) is 17.7 Å². The Morgan fingerprint density at radius 1 is 1.09 bits per heavy atom. The van der Waals surface area contributed by atoms with E-state index in [1.165, 1.54) is 12.1 Å². The number of halogens is 6. The predicted octanol–water partition coefficient (Wildman–Crippen LogP) is 3.58. The van der Waals surface area contributed by atoms with Crippen LogP contribution < -0.4 is 5.32 Å². The summed E-state index contributed by atoms with van der Waals surface area (Å²) in [5.74, 6) is -1.95. The third-order valence-electron chi connectivity index (χ3n) is 4.31. The van der Waals surface area contributed by atoms with Gasteiger partial charge in [-0.3, -0.25) is 0 Å². The Labute approximate surface area is 188 Å². The van der Waals surface area contributed by atoms with Crippen molar-refractivity contribution in [3.05, 3.63) is 53.9 Å². The minimum absolute atomic E-state index is 0.0816. The van der Waals surface area contributed by atoms with Crippen molar-refractivity contribution in [2.45, 2.75) is 18.6 Å². The first-order chi connectivity index (χ1) is 15.8. The van der Waals surface area contributed by atoms with E-state index in [1.807, 2.05) is 0 Å². The molecule has 0 spiro atoms. The van der Waals surface area contributed by atoms with Gasteiger partial charge in [-0.25, -0.2) is 22.8 Å². The van der Waals surface area contributed by atoms with Crippen molar-refractivity contribution in [2.75, 3.05) is 24.7 Å². The lowest BCUT2D eigenvalue weighted by molar-refractivity contribution is -0.136. The maximum absolute atomic E-state index is 13.3. The Bertz CT molecular complexity index is 1200. The van der Waals surface area contributed by atoms with Gasteiger partial charge < -0.3 is 9.73 Å². The molecule has 0 aliphatic rings. The monoisotopic (exact) mass is 510 g/mol. The fraction of sp³-hybridized carbons (Fsp3) is 0.333.